The number of fused-ring (bicyclic) bond motifs is 1. The maximum Gasteiger partial charge on any atom is 0.356 e. The third kappa shape index (κ3) is 6.55. The second kappa shape index (κ2) is 14.0. The quantitative estimate of drug-likeness (QED) is 0.0957. The molecule has 1 saturated heterocycles. The van der Waals surface area contributed by atoms with Gasteiger partial charge in [0.05, 0.1) is 13.0 Å². The van der Waals surface area contributed by atoms with E-state index in [0.717, 1.165) is 18.2 Å². The number of hydrogen-bond donors (Lipinski definition) is 1. The van der Waals surface area contributed by atoms with Gasteiger partial charge >= 0.3 is 11.9 Å². The van der Waals surface area contributed by atoms with E-state index in [1.165, 1.54) is 22.7 Å². The second-order valence-corrected chi connectivity index (χ2v) is 10.3. The maximum absolute atomic E-state index is 13.7. The highest BCUT2D eigenvalue weighted by atomic mass is 35.5. The molecule has 2 amide bonds. The number of Topliss-reactive ketones (excluding diaryl/α,β-unsaturated/α-hetero) is 1. The number of ketones is 1. The van der Waals surface area contributed by atoms with E-state index in [-0.39, 0.29) is 5.70 Å². The summed E-state index contributed by atoms with van der Waals surface area (Å²) in [6, 6.07) is 17.3. The number of allylic oxidation sites excluding steroid dienone is 1. The number of oxime groups is 1. The summed E-state index contributed by atoms with van der Waals surface area (Å²) in [7, 11) is 1.13. The fourth-order valence-corrected chi connectivity index (χ4v) is 5.70. The molecule has 0 saturated carbocycles. The molecule has 218 valence electrons. The highest BCUT2D eigenvalue weighted by Gasteiger charge is 2.54. The monoisotopic (exact) mass is 611 g/mol. The van der Waals surface area contributed by atoms with E-state index in [2.05, 4.69) is 21.8 Å². The van der Waals surface area contributed by atoms with Crippen LogP contribution in [-0.2, 0) is 38.3 Å². The first-order valence-electron chi connectivity index (χ1n) is 12.6. The molecule has 0 spiro atoms. The Morgan fingerprint density at radius 2 is 1.74 bits per heavy atom. The normalized spacial score (nSPS) is 18.0. The third-order valence-corrected chi connectivity index (χ3v) is 7.87. The number of β-lactam (4-membered cyclic amide) rings is 1. The molecule has 0 bridgehead atoms. The highest BCUT2D eigenvalue weighted by molar-refractivity contribution is 8.00. The molecular formula is C29H26ClN3O8S. The smallest absolute Gasteiger partial charge is 0.356 e. The lowest BCUT2D eigenvalue weighted by molar-refractivity contribution is -0.154. The van der Waals surface area contributed by atoms with E-state index in [4.69, 9.17) is 21.2 Å². The van der Waals surface area contributed by atoms with Crippen molar-refractivity contribution >= 4 is 58.6 Å². The Bertz CT molecular complexity index is 1410. The van der Waals surface area contributed by atoms with Crippen LogP contribution >= 0.6 is 23.4 Å². The average molecular weight is 612 g/mol. The predicted molar refractivity (Wildman–Crippen MR) is 154 cm³/mol. The molecule has 13 heteroatoms. The number of nitrogens with zero attached hydrogens (tertiary/aromatic N) is 2. The summed E-state index contributed by atoms with van der Waals surface area (Å²) in [6.07, 6.45) is 0.741. The van der Waals surface area contributed by atoms with Crippen molar-refractivity contribution in [2.24, 2.45) is 5.16 Å². The fraction of sp³-hybridized carbons (Fsp3) is 0.241. The van der Waals surface area contributed by atoms with Gasteiger partial charge in [0.25, 0.3) is 11.8 Å². The van der Waals surface area contributed by atoms with Gasteiger partial charge in [0.1, 0.15) is 17.1 Å². The fourth-order valence-electron chi connectivity index (χ4n) is 4.24. The standard InChI is InChI=1S/C29H26ClN3O8S/c1-3-17-16-42-28-23(31-26(36)22(20(34)14-30)32-40-15-21(35)39-2)27(37)33(28)24(17)29(38)41-25(18-10-6-4-7-11-18)19-12-8-5-9-13-19/h3-13,23,25,28H,1,14-16H2,2H3,(H,31,36)/t23?,28-/m1/s1. The molecular weight excluding hydrogens is 586 g/mol. The Balaban J connectivity index is 1.54. The summed E-state index contributed by atoms with van der Waals surface area (Å²) in [6.45, 7) is 3.14. The van der Waals surface area contributed by atoms with E-state index in [0.29, 0.717) is 11.3 Å². The van der Waals surface area contributed by atoms with Gasteiger partial charge in [0.2, 0.25) is 18.1 Å². The number of methoxy groups -OCH3 is 1. The molecule has 42 heavy (non-hydrogen) atoms. The molecule has 0 radical (unpaired) electrons. The number of hydrogen-bond acceptors (Lipinski definition) is 10. The average Bonchev–Trinajstić information content (AvgIpc) is 3.03. The Labute approximate surface area is 250 Å². The zero-order valence-electron chi connectivity index (χ0n) is 22.4. The zero-order chi connectivity index (χ0) is 30.2. The van der Waals surface area contributed by atoms with Crippen LogP contribution < -0.4 is 5.32 Å². The lowest BCUT2D eigenvalue weighted by Gasteiger charge is -2.49. The minimum Gasteiger partial charge on any atom is -0.466 e. The molecule has 2 aliphatic heterocycles. The van der Waals surface area contributed by atoms with E-state index >= 15 is 0 Å². The molecule has 0 aliphatic carbocycles. The highest BCUT2D eigenvalue weighted by Crippen LogP contribution is 2.41. The van der Waals surface area contributed by atoms with Crippen molar-refractivity contribution in [2.75, 3.05) is 25.3 Å². The van der Waals surface area contributed by atoms with Gasteiger partial charge in [0, 0.05) is 5.75 Å². The van der Waals surface area contributed by atoms with E-state index in [9.17, 15) is 24.0 Å². The summed E-state index contributed by atoms with van der Waals surface area (Å²) in [5.74, 6) is -4.32. The van der Waals surface area contributed by atoms with E-state index in [1.54, 1.807) is 0 Å². The zero-order valence-corrected chi connectivity index (χ0v) is 23.9. The van der Waals surface area contributed by atoms with Crippen molar-refractivity contribution in [2.45, 2.75) is 17.5 Å². The number of rotatable bonds is 12. The largest absolute Gasteiger partial charge is 0.466 e. The van der Waals surface area contributed by atoms with Gasteiger partial charge in [-0.2, -0.15) is 0 Å². The molecule has 11 nitrogen and oxygen atoms in total. The molecule has 0 aromatic heterocycles. The number of esters is 2. The Hall–Kier alpha value is -4.42. The van der Waals surface area contributed by atoms with Crippen molar-refractivity contribution in [1.29, 1.82) is 0 Å². The number of carbonyl (C=O) groups excluding carboxylic acids is 5. The van der Waals surface area contributed by atoms with Crippen molar-refractivity contribution in [3.63, 3.8) is 0 Å². The van der Waals surface area contributed by atoms with Gasteiger partial charge in [-0.25, -0.2) is 9.59 Å². The molecule has 1 N–H and O–H groups in total. The van der Waals surface area contributed by atoms with E-state index < -0.39 is 65.3 Å². The van der Waals surface area contributed by atoms with Crippen LogP contribution in [0.3, 0.4) is 0 Å². The minimum absolute atomic E-state index is 0.0215. The molecule has 2 aromatic rings. The summed E-state index contributed by atoms with van der Waals surface area (Å²) < 4.78 is 10.4. The topological polar surface area (TPSA) is 141 Å². The van der Waals surface area contributed by atoms with Crippen LogP contribution in [0.15, 0.2) is 89.7 Å². The van der Waals surface area contributed by atoms with Crippen LogP contribution in [0.2, 0.25) is 0 Å². The SMILES string of the molecule is C=CC1=C(C(=O)OC(c2ccccc2)c2ccccc2)N2C(=O)C(NC(=O)C(=NOCC(=O)OC)C(=O)CCl)[C@H]2SC1. The lowest BCUT2D eigenvalue weighted by Crippen LogP contribution is -2.71. The number of carbonyl (C=O) groups is 5. The predicted octanol–water partition coefficient (Wildman–Crippen LogP) is 2.51. The lowest BCUT2D eigenvalue weighted by atomic mass is 10.0. The van der Waals surface area contributed by atoms with Crippen molar-refractivity contribution in [3.8, 4) is 0 Å². The van der Waals surface area contributed by atoms with Crippen LogP contribution in [0, 0.1) is 0 Å². The summed E-state index contributed by atoms with van der Waals surface area (Å²) >= 11 is 6.89. The van der Waals surface area contributed by atoms with Crippen LogP contribution in [0.25, 0.3) is 0 Å². The minimum atomic E-state index is -1.09. The first-order chi connectivity index (χ1) is 20.3. The Morgan fingerprint density at radius 1 is 1.12 bits per heavy atom. The molecule has 1 unspecified atom stereocenters. The first-order valence-corrected chi connectivity index (χ1v) is 14.2. The van der Waals surface area contributed by atoms with Crippen LogP contribution in [0.4, 0.5) is 0 Å². The first kappa shape index (κ1) is 30.5. The van der Waals surface area contributed by atoms with E-state index in [1.807, 2.05) is 60.7 Å². The van der Waals surface area contributed by atoms with Crippen molar-refractivity contribution < 1.29 is 38.3 Å². The van der Waals surface area contributed by atoms with Crippen molar-refractivity contribution in [3.05, 3.63) is 95.7 Å². The molecule has 1 fully saturated rings. The molecule has 2 atom stereocenters. The number of halogens is 1. The van der Waals surface area contributed by atoms with Crippen LogP contribution in [-0.4, -0.2) is 76.9 Å². The summed E-state index contributed by atoms with van der Waals surface area (Å²) in [5.41, 5.74) is 1.27. The van der Waals surface area contributed by atoms with Crippen molar-refractivity contribution in [1.82, 2.24) is 10.2 Å². The van der Waals surface area contributed by atoms with Gasteiger partial charge in [0.15, 0.2) is 6.10 Å². The molecule has 4 rings (SSSR count). The number of ether oxygens (including phenoxy) is 2. The number of thioether (sulfide) groups is 1. The van der Waals surface area contributed by atoms with Gasteiger partial charge in [-0.15, -0.1) is 23.4 Å². The van der Waals surface area contributed by atoms with Gasteiger partial charge in [-0.3, -0.25) is 19.3 Å². The molecule has 2 aliphatic rings. The van der Waals surface area contributed by atoms with Gasteiger partial charge in [-0.05, 0) is 16.7 Å². The summed E-state index contributed by atoms with van der Waals surface area (Å²) in [5, 5.41) is 5.20. The number of alkyl halides is 1. The number of amides is 2. The second-order valence-electron chi connectivity index (χ2n) is 8.89. The maximum atomic E-state index is 13.7. The molecule has 2 heterocycles. The van der Waals surface area contributed by atoms with Crippen LogP contribution in [0.5, 0.6) is 0 Å². The molecule has 2 aromatic carbocycles. The van der Waals surface area contributed by atoms with Crippen LogP contribution in [0.1, 0.15) is 17.2 Å². The summed E-state index contributed by atoms with van der Waals surface area (Å²) in [4.78, 5) is 69.3. The van der Waals surface area contributed by atoms with Gasteiger partial charge in [-0.1, -0.05) is 78.5 Å². The van der Waals surface area contributed by atoms with Gasteiger partial charge < -0.3 is 19.6 Å². The Kier molecular flexibility index (Phi) is 10.2. The Morgan fingerprint density at radius 3 is 2.29 bits per heavy atom. The number of benzene rings is 2. The number of nitrogens with one attached hydrogen (secondary N) is 1. The third-order valence-electron chi connectivity index (χ3n) is 6.32.